The fourth-order valence-corrected chi connectivity index (χ4v) is 3.90. The average molecular weight is 409 g/mol. The number of thiazole rings is 1. The molecule has 0 unspecified atom stereocenters. The lowest BCUT2D eigenvalue weighted by molar-refractivity contribution is -0.153. The Balaban J connectivity index is 1.75. The van der Waals surface area contributed by atoms with Gasteiger partial charge < -0.3 is 4.74 Å². The highest BCUT2D eigenvalue weighted by atomic mass is 32.1. The molecule has 0 radical (unpaired) electrons. The summed E-state index contributed by atoms with van der Waals surface area (Å²) in [5, 5.41) is 5.47. The summed E-state index contributed by atoms with van der Waals surface area (Å²) >= 11 is 1.50. The van der Waals surface area contributed by atoms with Crippen LogP contribution >= 0.6 is 11.3 Å². The summed E-state index contributed by atoms with van der Waals surface area (Å²) < 4.78 is 7.74. The van der Waals surface area contributed by atoms with Crippen LogP contribution in [0.1, 0.15) is 31.5 Å². The van der Waals surface area contributed by atoms with Crippen LogP contribution < -0.4 is 5.56 Å². The Morgan fingerprint density at radius 2 is 2.03 bits per heavy atom. The fraction of sp³-hybridized carbons (Fsp3) is 0.300. The van der Waals surface area contributed by atoms with Crippen LogP contribution in [0.5, 0.6) is 0 Å². The lowest BCUT2D eigenvalue weighted by atomic mass is 10.2. The maximum absolute atomic E-state index is 12.9. The molecule has 0 atom stereocenters. The molecule has 148 valence electrons. The van der Waals surface area contributed by atoms with Crippen LogP contribution in [0.3, 0.4) is 0 Å². The number of carbonyl (C=O) groups excluding carboxylic acids is 1. The van der Waals surface area contributed by atoms with E-state index in [9.17, 15) is 9.59 Å². The Hall–Kier alpha value is -3.20. The van der Waals surface area contributed by atoms with Crippen molar-refractivity contribution in [2.75, 3.05) is 0 Å². The van der Waals surface area contributed by atoms with Gasteiger partial charge in [0, 0.05) is 6.20 Å². The quantitative estimate of drug-likeness (QED) is 0.478. The molecule has 0 saturated heterocycles. The van der Waals surface area contributed by atoms with Crippen molar-refractivity contribution in [3.8, 4) is 0 Å². The highest BCUT2D eigenvalue weighted by molar-refractivity contribution is 7.18. The first kappa shape index (κ1) is 19.1. The predicted octanol–water partition coefficient (Wildman–Crippen LogP) is 2.73. The number of hydrogen-bond acceptors (Lipinski definition) is 8. The minimum absolute atomic E-state index is 0.0924. The number of rotatable bonds is 4. The number of hydrogen-bond donors (Lipinski definition) is 0. The van der Waals surface area contributed by atoms with Gasteiger partial charge in [-0.3, -0.25) is 9.59 Å². The fourth-order valence-electron chi connectivity index (χ4n) is 2.95. The van der Waals surface area contributed by atoms with Crippen molar-refractivity contribution in [1.82, 2.24) is 24.7 Å². The number of nitrogens with zero attached hydrogens (tertiary/aromatic N) is 5. The summed E-state index contributed by atoms with van der Waals surface area (Å²) in [6.45, 7) is 5.59. The van der Waals surface area contributed by atoms with Gasteiger partial charge in [0.2, 0.25) is 0 Å². The van der Waals surface area contributed by atoms with Crippen molar-refractivity contribution >= 4 is 38.4 Å². The molecule has 0 saturated carbocycles. The molecule has 0 aliphatic rings. The Bertz CT molecular complexity index is 1240. The molecular formula is C20H19N5O3S. The summed E-state index contributed by atoms with van der Waals surface area (Å²) in [7, 11) is 0. The van der Waals surface area contributed by atoms with Gasteiger partial charge in [0.1, 0.15) is 22.5 Å². The molecule has 29 heavy (non-hydrogen) atoms. The molecule has 8 nitrogen and oxygen atoms in total. The third kappa shape index (κ3) is 4.14. The molecule has 0 aliphatic carbocycles. The summed E-state index contributed by atoms with van der Waals surface area (Å²) in [6, 6.07) is 7.77. The molecule has 3 aromatic heterocycles. The standard InChI is InChI=1S/C20H19N5O3S/c1-20(2,3)28-17(26)8-14-18-12(9-21-11-22-18)19(27)25(24-14)10-16-23-13-6-4-5-7-15(13)29-16/h4-7,9,11H,8,10H2,1-3H3. The van der Waals surface area contributed by atoms with Gasteiger partial charge in [0.25, 0.3) is 5.56 Å². The first-order valence-electron chi connectivity index (χ1n) is 9.06. The van der Waals surface area contributed by atoms with Gasteiger partial charge in [-0.2, -0.15) is 5.10 Å². The zero-order valence-electron chi connectivity index (χ0n) is 16.2. The van der Waals surface area contributed by atoms with Gasteiger partial charge >= 0.3 is 5.97 Å². The third-order valence-corrected chi connectivity index (χ3v) is 5.07. The number of aromatic nitrogens is 5. The molecule has 9 heteroatoms. The molecule has 1 aromatic carbocycles. The smallest absolute Gasteiger partial charge is 0.312 e. The second-order valence-electron chi connectivity index (χ2n) is 7.53. The van der Waals surface area contributed by atoms with Crippen LogP contribution in [0, 0.1) is 0 Å². The number of para-hydroxylation sites is 1. The normalized spacial score (nSPS) is 11.8. The maximum atomic E-state index is 12.9. The molecule has 0 spiro atoms. The minimum atomic E-state index is -0.614. The summed E-state index contributed by atoms with van der Waals surface area (Å²) in [5.41, 5.74) is 0.664. The van der Waals surface area contributed by atoms with Crippen LogP contribution in [-0.4, -0.2) is 36.3 Å². The van der Waals surface area contributed by atoms with Crippen LogP contribution in [0.15, 0.2) is 41.6 Å². The second kappa shape index (κ2) is 7.32. The first-order valence-corrected chi connectivity index (χ1v) is 9.88. The number of carbonyl (C=O) groups is 1. The van der Waals surface area contributed by atoms with E-state index in [4.69, 9.17) is 4.74 Å². The van der Waals surface area contributed by atoms with Gasteiger partial charge in [0.15, 0.2) is 0 Å². The van der Waals surface area contributed by atoms with Crippen molar-refractivity contribution in [2.45, 2.75) is 39.3 Å². The predicted molar refractivity (Wildman–Crippen MR) is 110 cm³/mol. The molecule has 0 N–H and O–H groups in total. The molecule has 0 fully saturated rings. The van der Waals surface area contributed by atoms with E-state index in [0.29, 0.717) is 16.6 Å². The number of benzene rings is 1. The van der Waals surface area contributed by atoms with Crippen molar-refractivity contribution in [2.24, 2.45) is 0 Å². The summed E-state index contributed by atoms with van der Waals surface area (Å²) in [4.78, 5) is 37.9. The molecule has 4 aromatic rings. The summed E-state index contributed by atoms with van der Waals surface area (Å²) in [5.74, 6) is -0.435. The summed E-state index contributed by atoms with van der Waals surface area (Å²) in [6.07, 6.45) is 2.69. The van der Waals surface area contributed by atoms with E-state index in [2.05, 4.69) is 20.1 Å². The SMILES string of the molecule is CC(C)(C)OC(=O)Cc1nn(Cc2nc3ccccc3s2)c(=O)c2cncnc12. The van der Waals surface area contributed by atoms with Gasteiger partial charge in [-0.25, -0.2) is 19.6 Å². The molecule has 0 amide bonds. The number of ether oxygens (including phenoxy) is 1. The lowest BCUT2D eigenvalue weighted by Crippen LogP contribution is -2.28. The number of fused-ring (bicyclic) bond motifs is 2. The largest absolute Gasteiger partial charge is 0.460 e. The Morgan fingerprint density at radius 1 is 1.24 bits per heavy atom. The molecule has 0 aliphatic heterocycles. The van der Waals surface area contributed by atoms with Crippen LogP contribution in [0.4, 0.5) is 0 Å². The van der Waals surface area contributed by atoms with Crippen LogP contribution in [0.25, 0.3) is 21.1 Å². The van der Waals surface area contributed by atoms with E-state index >= 15 is 0 Å². The minimum Gasteiger partial charge on any atom is -0.460 e. The third-order valence-electron chi connectivity index (χ3n) is 4.05. The first-order chi connectivity index (χ1) is 13.8. The van der Waals surface area contributed by atoms with E-state index in [1.54, 1.807) is 20.8 Å². The van der Waals surface area contributed by atoms with Crippen LogP contribution in [-0.2, 0) is 22.5 Å². The van der Waals surface area contributed by atoms with Crippen molar-refractivity contribution in [3.05, 3.63) is 57.8 Å². The average Bonchev–Trinajstić information content (AvgIpc) is 3.06. The Morgan fingerprint density at radius 3 is 2.79 bits per heavy atom. The highest BCUT2D eigenvalue weighted by Crippen LogP contribution is 2.22. The monoisotopic (exact) mass is 409 g/mol. The van der Waals surface area contributed by atoms with Crippen molar-refractivity contribution < 1.29 is 9.53 Å². The molecular weight excluding hydrogens is 390 g/mol. The van der Waals surface area contributed by atoms with E-state index < -0.39 is 11.6 Å². The lowest BCUT2D eigenvalue weighted by Gasteiger charge is -2.19. The van der Waals surface area contributed by atoms with Gasteiger partial charge in [-0.15, -0.1) is 11.3 Å². The Labute approximate surface area is 170 Å². The van der Waals surface area contributed by atoms with E-state index in [-0.39, 0.29) is 18.5 Å². The zero-order chi connectivity index (χ0) is 20.6. The van der Waals surface area contributed by atoms with Gasteiger partial charge in [-0.1, -0.05) is 12.1 Å². The van der Waals surface area contributed by atoms with E-state index in [1.807, 2.05) is 24.3 Å². The van der Waals surface area contributed by atoms with Crippen molar-refractivity contribution in [3.63, 3.8) is 0 Å². The van der Waals surface area contributed by atoms with E-state index in [0.717, 1.165) is 15.2 Å². The Kier molecular flexibility index (Phi) is 4.83. The van der Waals surface area contributed by atoms with Gasteiger partial charge in [-0.05, 0) is 32.9 Å². The molecule has 0 bridgehead atoms. The number of esters is 1. The van der Waals surface area contributed by atoms with Crippen molar-refractivity contribution in [1.29, 1.82) is 0 Å². The van der Waals surface area contributed by atoms with Crippen LogP contribution in [0.2, 0.25) is 0 Å². The van der Waals surface area contributed by atoms with E-state index in [1.165, 1.54) is 28.5 Å². The maximum Gasteiger partial charge on any atom is 0.312 e. The second-order valence-corrected chi connectivity index (χ2v) is 8.65. The highest BCUT2D eigenvalue weighted by Gasteiger charge is 2.20. The van der Waals surface area contributed by atoms with Gasteiger partial charge in [0.05, 0.1) is 34.3 Å². The zero-order valence-corrected chi connectivity index (χ0v) is 17.1. The molecule has 3 heterocycles. The molecule has 4 rings (SSSR count). The topological polar surface area (TPSA) is 99.9 Å².